The second kappa shape index (κ2) is 10.6. The molecule has 0 aliphatic carbocycles. The Morgan fingerprint density at radius 3 is 2.65 bits per heavy atom. The highest BCUT2D eigenvalue weighted by atomic mass is 16.5. The van der Waals surface area contributed by atoms with Gasteiger partial charge >= 0.3 is 5.69 Å². The number of nitrogens with zero attached hydrogens (tertiary/aromatic N) is 6. The fraction of sp³-hybridized carbons (Fsp3) is 0.348. The maximum Gasteiger partial charge on any atom is 0.332 e. The molecule has 0 radical (unpaired) electrons. The predicted molar refractivity (Wildman–Crippen MR) is 132 cm³/mol. The standard InChI is InChI=1S/C23H29N7O4/c1-6-11-34-18-12-17(29(7-2)8-3)10-9-16(18)13-25-26-19(31)14-30-15-24-20-21(30)27(4)23(33)28(5)22(20)32/h6,9-10,12-13,15H,1,7-8,11,14H2,2-5H3,(H,26,31)/b25-13-. The van der Waals surface area contributed by atoms with E-state index in [1.54, 1.807) is 6.08 Å². The average Bonchev–Trinajstić information content (AvgIpc) is 3.25. The van der Waals surface area contributed by atoms with E-state index in [2.05, 4.69) is 40.8 Å². The molecule has 180 valence electrons. The van der Waals surface area contributed by atoms with E-state index in [0.29, 0.717) is 17.9 Å². The normalized spacial score (nSPS) is 11.2. The maximum absolute atomic E-state index is 12.5. The first kappa shape index (κ1) is 24.5. The molecule has 0 unspecified atom stereocenters. The maximum atomic E-state index is 12.5. The summed E-state index contributed by atoms with van der Waals surface area (Å²) in [6.45, 7) is 9.73. The van der Waals surface area contributed by atoms with Crippen LogP contribution >= 0.6 is 0 Å². The number of nitrogens with one attached hydrogen (secondary N) is 1. The van der Waals surface area contributed by atoms with Crippen LogP contribution in [0, 0.1) is 0 Å². The molecule has 0 saturated heterocycles. The molecule has 0 bridgehead atoms. The molecule has 2 heterocycles. The molecule has 3 rings (SSSR count). The number of imidazole rings is 1. The van der Waals surface area contributed by atoms with Gasteiger partial charge in [0.15, 0.2) is 5.52 Å². The molecule has 1 amide bonds. The molecular formula is C23H29N7O4. The van der Waals surface area contributed by atoms with E-state index in [-0.39, 0.29) is 17.7 Å². The Bertz CT molecular complexity index is 1350. The van der Waals surface area contributed by atoms with Gasteiger partial charge < -0.3 is 14.2 Å². The fourth-order valence-electron chi connectivity index (χ4n) is 3.61. The largest absolute Gasteiger partial charge is 0.489 e. The summed E-state index contributed by atoms with van der Waals surface area (Å²) in [6.07, 6.45) is 4.50. The van der Waals surface area contributed by atoms with Crippen LogP contribution in [0.4, 0.5) is 5.69 Å². The number of rotatable bonds is 10. The summed E-state index contributed by atoms with van der Waals surface area (Å²) in [7, 11) is 2.90. The van der Waals surface area contributed by atoms with Crippen molar-refractivity contribution in [3.05, 3.63) is 63.6 Å². The molecule has 34 heavy (non-hydrogen) atoms. The monoisotopic (exact) mass is 467 g/mol. The minimum absolute atomic E-state index is 0.109. The molecule has 3 aromatic rings. The fourth-order valence-corrected chi connectivity index (χ4v) is 3.61. The second-order valence-electron chi connectivity index (χ2n) is 7.54. The summed E-state index contributed by atoms with van der Waals surface area (Å²) in [4.78, 5) is 43.2. The Kier molecular flexibility index (Phi) is 7.67. The van der Waals surface area contributed by atoms with E-state index in [9.17, 15) is 14.4 Å². The van der Waals surface area contributed by atoms with Gasteiger partial charge in [-0.05, 0) is 26.0 Å². The first-order valence-electron chi connectivity index (χ1n) is 10.9. The van der Waals surface area contributed by atoms with E-state index in [4.69, 9.17) is 4.74 Å². The van der Waals surface area contributed by atoms with Crippen molar-refractivity contribution in [3.63, 3.8) is 0 Å². The van der Waals surface area contributed by atoms with Crippen LogP contribution in [0.2, 0.25) is 0 Å². The molecule has 0 saturated carbocycles. The van der Waals surface area contributed by atoms with Gasteiger partial charge in [0.25, 0.3) is 11.5 Å². The van der Waals surface area contributed by atoms with Crippen molar-refractivity contribution in [1.29, 1.82) is 0 Å². The lowest BCUT2D eigenvalue weighted by Gasteiger charge is -2.22. The lowest BCUT2D eigenvalue weighted by atomic mass is 10.2. The molecule has 0 spiro atoms. The van der Waals surface area contributed by atoms with Gasteiger partial charge in [-0.3, -0.25) is 18.7 Å². The first-order valence-corrected chi connectivity index (χ1v) is 10.9. The number of aromatic nitrogens is 4. The van der Waals surface area contributed by atoms with Crippen LogP contribution in [-0.4, -0.2) is 50.5 Å². The number of aryl methyl sites for hydroxylation is 1. The number of fused-ring (bicyclic) bond motifs is 1. The minimum Gasteiger partial charge on any atom is -0.489 e. The molecule has 0 aliphatic rings. The average molecular weight is 468 g/mol. The van der Waals surface area contributed by atoms with Crippen LogP contribution in [0.1, 0.15) is 19.4 Å². The van der Waals surface area contributed by atoms with Gasteiger partial charge in [0.05, 0.1) is 12.5 Å². The topological polar surface area (TPSA) is 116 Å². The van der Waals surface area contributed by atoms with Crippen molar-refractivity contribution in [2.45, 2.75) is 20.4 Å². The Morgan fingerprint density at radius 2 is 1.97 bits per heavy atom. The van der Waals surface area contributed by atoms with E-state index in [1.807, 2.05) is 18.2 Å². The van der Waals surface area contributed by atoms with Crippen LogP contribution < -0.4 is 26.3 Å². The van der Waals surface area contributed by atoms with E-state index in [1.165, 1.54) is 35.8 Å². The number of hydrogen-bond acceptors (Lipinski definition) is 7. The molecule has 1 aromatic carbocycles. The molecule has 1 N–H and O–H groups in total. The van der Waals surface area contributed by atoms with Gasteiger partial charge in [-0.2, -0.15) is 5.10 Å². The Hall–Kier alpha value is -4.15. The third-order valence-electron chi connectivity index (χ3n) is 5.40. The number of anilines is 1. The van der Waals surface area contributed by atoms with E-state index >= 15 is 0 Å². The third-order valence-corrected chi connectivity index (χ3v) is 5.40. The van der Waals surface area contributed by atoms with Crippen molar-refractivity contribution in [2.75, 3.05) is 24.6 Å². The van der Waals surface area contributed by atoms with Crippen molar-refractivity contribution in [1.82, 2.24) is 24.1 Å². The van der Waals surface area contributed by atoms with Gasteiger partial charge in [0, 0.05) is 44.5 Å². The van der Waals surface area contributed by atoms with Crippen LogP contribution in [0.5, 0.6) is 5.75 Å². The smallest absolute Gasteiger partial charge is 0.332 e. The predicted octanol–water partition coefficient (Wildman–Crippen LogP) is 0.995. The first-order chi connectivity index (χ1) is 16.3. The molecule has 0 aliphatic heterocycles. The van der Waals surface area contributed by atoms with Crippen LogP contribution in [0.15, 0.2) is 51.9 Å². The number of carbonyl (C=O) groups excluding carboxylic acids is 1. The van der Waals surface area contributed by atoms with Crippen LogP contribution in [0.25, 0.3) is 11.2 Å². The van der Waals surface area contributed by atoms with Crippen molar-refractivity contribution in [3.8, 4) is 5.75 Å². The third kappa shape index (κ3) is 4.92. The summed E-state index contributed by atoms with van der Waals surface area (Å²) in [5.74, 6) is 0.172. The molecule has 2 aromatic heterocycles. The van der Waals surface area contributed by atoms with Gasteiger partial charge in [0.1, 0.15) is 24.5 Å². The van der Waals surface area contributed by atoms with Crippen molar-refractivity contribution >= 4 is 29.0 Å². The Morgan fingerprint density at radius 1 is 1.24 bits per heavy atom. The van der Waals surface area contributed by atoms with Crippen molar-refractivity contribution in [2.24, 2.45) is 19.2 Å². The molecular weight excluding hydrogens is 438 g/mol. The molecule has 11 nitrogen and oxygen atoms in total. The van der Waals surface area contributed by atoms with Gasteiger partial charge in [-0.15, -0.1) is 0 Å². The summed E-state index contributed by atoms with van der Waals surface area (Å²) in [5.41, 5.74) is 3.53. The zero-order valence-corrected chi connectivity index (χ0v) is 19.8. The van der Waals surface area contributed by atoms with E-state index in [0.717, 1.165) is 23.3 Å². The zero-order valence-electron chi connectivity index (χ0n) is 19.8. The number of ether oxygens (including phenoxy) is 1. The number of carbonyl (C=O) groups is 1. The van der Waals surface area contributed by atoms with Crippen LogP contribution in [0.3, 0.4) is 0 Å². The highest BCUT2D eigenvalue weighted by Gasteiger charge is 2.15. The highest BCUT2D eigenvalue weighted by Crippen LogP contribution is 2.25. The van der Waals surface area contributed by atoms with Gasteiger partial charge in [-0.1, -0.05) is 12.7 Å². The second-order valence-corrected chi connectivity index (χ2v) is 7.54. The number of benzene rings is 1. The summed E-state index contributed by atoms with van der Waals surface area (Å²) in [6, 6.07) is 5.77. The molecule has 11 heteroatoms. The minimum atomic E-state index is -0.518. The highest BCUT2D eigenvalue weighted by molar-refractivity contribution is 5.86. The van der Waals surface area contributed by atoms with Crippen molar-refractivity contribution < 1.29 is 9.53 Å². The van der Waals surface area contributed by atoms with Crippen LogP contribution in [-0.2, 0) is 25.4 Å². The van der Waals surface area contributed by atoms with E-state index < -0.39 is 17.2 Å². The van der Waals surface area contributed by atoms with Gasteiger partial charge in [-0.25, -0.2) is 15.2 Å². The number of amides is 1. The lowest BCUT2D eigenvalue weighted by molar-refractivity contribution is -0.121. The lowest BCUT2D eigenvalue weighted by Crippen LogP contribution is -2.37. The Balaban J connectivity index is 1.78. The number of hydrazone groups is 1. The summed E-state index contributed by atoms with van der Waals surface area (Å²) < 4.78 is 9.46. The molecule has 0 fully saturated rings. The zero-order chi connectivity index (χ0) is 24.8. The Labute approximate surface area is 196 Å². The molecule has 0 atom stereocenters. The van der Waals surface area contributed by atoms with Gasteiger partial charge in [0.2, 0.25) is 0 Å². The summed E-state index contributed by atoms with van der Waals surface area (Å²) in [5, 5.41) is 4.05. The quantitative estimate of drug-likeness (QED) is 0.270. The summed E-state index contributed by atoms with van der Waals surface area (Å²) >= 11 is 0. The number of hydrogen-bond donors (Lipinski definition) is 1. The SMILES string of the molecule is C=CCOc1cc(N(CC)CC)ccc1/C=N\NC(=O)Cn1cnc2c(=O)n(C)c(=O)n(C)c21.